The van der Waals surface area contributed by atoms with Gasteiger partial charge in [-0.15, -0.1) is 0 Å². The number of hydrogen-bond acceptors (Lipinski definition) is 10. The predicted molar refractivity (Wildman–Crippen MR) is 235 cm³/mol. The summed E-state index contributed by atoms with van der Waals surface area (Å²) in [6.07, 6.45) is 18.9. The van der Waals surface area contributed by atoms with E-state index >= 15 is 0 Å². The Morgan fingerprint density at radius 3 is 2.28 bits per heavy atom. The molecule has 1 aliphatic carbocycles. The Kier molecular flexibility index (Phi) is 17.8. The van der Waals surface area contributed by atoms with Crippen molar-refractivity contribution in [3.8, 4) is 0 Å². The molecule has 1 amide bonds. The predicted octanol–water partition coefficient (Wildman–Crippen LogP) is 7.87. The number of fused-ring (bicyclic) bond motifs is 5. The standard InChI is InChI=1S/C50H77NO10/c1-30-14-11-10-12-15-32(3)33(4)26-40-20-19-36(7)50(57,61-40)47(54)48(55)51-23-22-38-29-42(51)49(56)60-43(41(38)28-37-16-13-17-39(27-37)58-8)21-18-31(2)25-35(6)45(53)46(59-9)44(52)34(5)24-30/h10-12,14-15,25,30-31,33-34,36-43,45-46,53,57H,13,16-24,26-29H2,1-9H3/b12-10+,14-11+,32-15+,35-25+/t30-,31+,33?,34-,36-,37-,38?,39+,40+,41+,42+,43+,45-,46+,50-/m1/s1. The minimum atomic E-state index is -2.30. The van der Waals surface area contributed by atoms with Crippen LogP contribution in [-0.2, 0) is 38.1 Å². The van der Waals surface area contributed by atoms with E-state index in [4.69, 9.17) is 18.9 Å². The summed E-state index contributed by atoms with van der Waals surface area (Å²) < 4.78 is 24.1. The Bertz CT molecular complexity index is 1650. The molecule has 11 heteroatoms. The van der Waals surface area contributed by atoms with Crippen molar-refractivity contribution in [2.75, 3.05) is 20.8 Å². The summed E-state index contributed by atoms with van der Waals surface area (Å²) in [5.74, 6) is -5.05. The number of aliphatic hydroxyl groups excluding tert-OH is 1. The first-order valence-corrected chi connectivity index (χ1v) is 23.4. The Morgan fingerprint density at radius 1 is 0.803 bits per heavy atom. The maximum Gasteiger partial charge on any atom is 0.329 e. The van der Waals surface area contributed by atoms with E-state index in [0.717, 1.165) is 37.7 Å². The summed E-state index contributed by atoms with van der Waals surface area (Å²) in [5.41, 5.74) is 1.76. The van der Waals surface area contributed by atoms with Crippen LogP contribution in [0.1, 0.15) is 132 Å². The molecule has 342 valence electrons. The van der Waals surface area contributed by atoms with Crippen molar-refractivity contribution in [2.45, 2.75) is 174 Å². The number of esters is 1. The molecule has 1 saturated carbocycles. The molecule has 0 aromatic carbocycles. The second kappa shape index (κ2) is 22.1. The Hall–Kier alpha value is -2.96. The molecule has 4 aliphatic heterocycles. The van der Waals surface area contributed by atoms with Gasteiger partial charge in [0.1, 0.15) is 24.4 Å². The number of Topliss-reactive ketones (excluding diaryl/α,β-unsaturated/α-hetero) is 2. The molecule has 4 heterocycles. The fraction of sp³-hybridized carbons (Fsp3) is 0.760. The number of ketones is 2. The van der Waals surface area contributed by atoms with Crippen LogP contribution in [-0.4, -0.2) is 102 Å². The number of methoxy groups -OCH3 is 2. The van der Waals surface area contributed by atoms with Crippen LogP contribution in [0.2, 0.25) is 0 Å². The largest absolute Gasteiger partial charge is 0.461 e. The Labute approximate surface area is 365 Å². The van der Waals surface area contributed by atoms with Gasteiger partial charge in [0.05, 0.1) is 12.2 Å². The van der Waals surface area contributed by atoms with Crippen molar-refractivity contribution in [1.82, 2.24) is 4.90 Å². The molecular weight excluding hydrogens is 775 g/mol. The number of amides is 1. The van der Waals surface area contributed by atoms with Gasteiger partial charge in [-0.25, -0.2) is 4.79 Å². The van der Waals surface area contributed by atoms with E-state index in [-0.39, 0.29) is 53.9 Å². The highest BCUT2D eigenvalue weighted by Gasteiger charge is 2.54. The highest BCUT2D eigenvalue weighted by molar-refractivity contribution is 6.39. The van der Waals surface area contributed by atoms with Crippen LogP contribution in [0, 0.1) is 47.3 Å². The highest BCUT2D eigenvalue weighted by Crippen LogP contribution is 2.44. The fourth-order valence-electron chi connectivity index (χ4n) is 10.9. The lowest BCUT2D eigenvalue weighted by molar-refractivity contribution is -0.264. The first kappa shape index (κ1) is 49.1. The molecule has 5 aliphatic rings. The number of carbonyl (C=O) groups is 4. The smallest absolute Gasteiger partial charge is 0.329 e. The summed E-state index contributed by atoms with van der Waals surface area (Å²) in [6, 6.07) is -0.936. The molecule has 11 nitrogen and oxygen atoms in total. The number of carbonyl (C=O) groups excluding carboxylic acids is 4. The molecular formula is C50H77NO10. The lowest BCUT2D eigenvalue weighted by Gasteiger charge is -2.43. The molecule has 2 unspecified atom stereocenters. The molecule has 15 atom stereocenters. The van der Waals surface area contributed by atoms with Crippen molar-refractivity contribution < 1.29 is 48.3 Å². The van der Waals surface area contributed by atoms with Crippen molar-refractivity contribution >= 4 is 23.4 Å². The summed E-state index contributed by atoms with van der Waals surface area (Å²) in [7, 11) is 3.24. The van der Waals surface area contributed by atoms with Crippen LogP contribution in [0.25, 0.3) is 0 Å². The van der Waals surface area contributed by atoms with Gasteiger partial charge in [-0.2, -0.15) is 0 Å². The fourth-order valence-corrected chi connectivity index (χ4v) is 10.9. The molecule has 0 aromatic heterocycles. The van der Waals surface area contributed by atoms with Crippen molar-refractivity contribution in [3.63, 3.8) is 0 Å². The van der Waals surface area contributed by atoms with Crippen LogP contribution in [0.3, 0.4) is 0 Å². The number of allylic oxidation sites excluding steroid dienone is 7. The monoisotopic (exact) mass is 852 g/mol. The Morgan fingerprint density at radius 2 is 1.56 bits per heavy atom. The highest BCUT2D eigenvalue weighted by atomic mass is 16.6. The molecule has 5 rings (SSSR count). The molecule has 2 N–H and O–H groups in total. The third-order valence-corrected chi connectivity index (χ3v) is 15.0. The van der Waals surface area contributed by atoms with Crippen LogP contribution in [0.5, 0.6) is 0 Å². The summed E-state index contributed by atoms with van der Waals surface area (Å²) in [5, 5.41) is 23.4. The summed E-state index contributed by atoms with van der Waals surface area (Å²) in [4.78, 5) is 57.6. The van der Waals surface area contributed by atoms with Gasteiger partial charge in [0, 0.05) is 32.6 Å². The third-order valence-electron chi connectivity index (χ3n) is 15.0. The number of piperidine rings is 1. The second-order valence-electron chi connectivity index (χ2n) is 19.7. The average molecular weight is 852 g/mol. The molecule has 4 fully saturated rings. The zero-order valence-electron chi connectivity index (χ0n) is 38.6. The van der Waals surface area contributed by atoms with Gasteiger partial charge in [0.25, 0.3) is 11.7 Å². The van der Waals surface area contributed by atoms with Gasteiger partial charge in [0.15, 0.2) is 5.78 Å². The van der Waals surface area contributed by atoms with Gasteiger partial charge in [0.2, 0.25) is 5.79 Å². The van der Waals surface area contributed by atoms with E-state index in [2.05, 4.69) is 26.8 Å². The van der Waals surface area contributed by atoms with Crippen LogP contribution in [0.4, 0.5) is 0 Å². The maximum atomic E-state index is 14.2. The average Bonchev–Trinajstić information content (AvgIpc) is 3.33. The van der Waals surface area contributed by atoms with Gasteiger partial charge in [-0.3, -0.25) is 14.4 Å². The van der Waals surface area contributed by atoms with Crippen molar-refractivity contribution in [1.29, 1.82) is 0 Å². The summed E-state index contributed by atoms with van der Waals surface area (Å²) in [6.45, 7) is 13.9. The minimum Gasteiger partial charge on any atom is -0.461 e. The number of rotatable bonds is 4. The van der Waals surface area contributed by atoms with Crippen molar-refractivity contribution in [3.05, 3.63) is 47.6 Å². The van der Waals surface area contributed by atoms with Crippen LogP contribution in [0.15, 0.2) is 47.6 Å². The van der Waals surface area contributed by atoms with E-state index in [9.17, 15) is 29.4 Å². The van der Waals surface area contributed by atoms with Crippen LogP contribution >= 0.6 is 0 Å². The zero-order chi connectivity index (χ0) is 44.6. The lowest BCUT2D eigenvalue weighted by Crippen LogP contribution is -2.61. The van der Waals surface area contributed by atoms with Gasteiger partial charge in [-0.05, 0) is 126 Å². The van der Waals surface area contributed by atoms with Crippen LogP contribution < -0.4 is 0 Å². The first-order valence-electron chi connectivity index (χ1n) is 23.4. The molecule has 0 radical (unpaired) electrons. The molecule has 5 bridgehead atoms. The maximum absolute atomic E-state index is 14.2. The SMILES string of the molecule is CO[C@H]1CCC[C@@H](C[C@H]2C3CCN4C(=O)C(=O)[C@]5(O)O[C@@H](CC[C@H]5C)CC(C)/C(C)=C/C=C/C=C/[C@@H](C)C[C@@H](C)C(=O)[C@H](OC)[C@H](O)/C(C)=C/[C@@H](C)CC[C@@H]2OC(=O)[C@@H]4C3)C1. The zero-order valence-corrected chi connectivity index (χ0v) is 38.6. The number of aliphatic hydroxyl groups is 2. The topological polar surface area (TPSA) is 149 Å². The second-order valence-corrected chi connectivity index (χ2v) is 19.7. The van der Waals surface area contributed by atoms with E-state index in [1.165, 1.54) is 12.0 Å². The quantitative estimate of drug-likeness (QED) is 0.163. The van der Waals surface area contributed by atoms with E-state index in [0.29, 0.717) is 62.9 Å². The first-order chi connectivity index (χ1) is 29.0. The van der Waals surface area contributed by atoms with E-state index in [1.54, 1.807) is 14.0 Å². The molecule has 3 saturated heterocycles. The molecule has 0 spiro atoms. The summed E-state index contributed by atoms with van der Waals surface area (Å²) >= 11 is 0. The van der Waals surface area contributed by atoms with Gasteiger partial charge < -0.3 is 34.1 Å². The Balaban J connectivity index is 1.45. The number of ether oxygens (including phenoxy) is 4. The third kappa shape index (κ3) is 12.2. The van der Waals surface area contributed by atoms with Gasteiger partial charge >= 0.3 is 5.97 Å². The van der Waals surface area contributed by atoms with Crippen molar-refractivity contribution in [2.24, 2.45) is 47.3 Å². The lowest BCUT2D eigenvalue weighted by atomic mass is 9.71. The van der Waals surface area contributed by atoms with Gasteiger partial charge in [-0.1, -0.05) is 89.5 Å². The molecule has 61 heavy (non-hydrogen) atoms. The number of hydrogen-bond donors (Lipinski definition) is 2. The van der Waals surface area contributed by atoms with E-state index < -0.39 is 59.8 Å². The van der Waals surface area contributed by atoms with E-state index in [1.807, 2.05) is 51.2 Å². The molecule has 0 aromatic rings. The normalized spacial score (nSPS) is 43.4. The number of nitrogens with zero attached hydrogens (tertiary/aromatic N) is 1. The minimum absolute atomic E-state index is 0.0113.